The fraction of sp³-hybridized carbons (Fsp3) is 0.176. The first-order valence-corrected chi connectivity index (χ1v) is 6.67. The molecule has 0 aliphatic heterocycles. The lowest BCUT2D eigenvalue weighted by Crippen LogP contribution is -2.15. The minimum Gasteiger partial charge on any atom is -0.497 e. The summed E-state index contributed by atoms with van der Waals surface area (Å²) in [6.45, 7) is 0. The lowest BCUT2D eigenvalue weighted by molar-refractivity contribution is -0.115. The third kappa shape index (κ3) is 3.55. The van der Waals surface area contributed by atoms with E-state index in [1.807, 2.05) is 6.07 Å². The number of carbonyl (C=O) groups excluding carboxylic acids is 1. The monoisotopic (exact) mass is 296 g/mol. The Morgan fingerprint density at radius 2 is 1.95 bits per heavy atom. The molecule has 0 heterocycles. The van der Waals surface area contributed by atoms with E-state index in [0.29, 0.717) is 28.3 Å². The van der Waals surface area contributed by atoms with Crippen molar-refractivity contribution in [2.45, 2.75) is 6.42 Å². The SMILES string of the molecule is COc1ccc(OC)c(CC(=O)Nc2ccccc2C#N)c1. The van der Waals surface area contributed by atoms with E-state index in [1.54, 1.807) is 56.7 Å². The van der Waals surface area contributed by atoms with Gasteiger partial charge in [-0.05, 0) is 30.3 Å². The number of rotatable bonds is 5. The van der Waals surface area contributed by atoms with Crippen molar-refractivity contribution in [1.82, 2.24) is 0 Å². The highest BCUT2D eigenvalue weighted by molar-refractivity contribution is 5.93. The van der Waals surface area contributed by atoms with E-state index in [1.165, 1.54) is 0 Å². The molecular formula is C17H16N2O3. The van der Waals surface area contributed by atoms with Gasteiger partial charge in [-0.1, -0.05) is 12.1 Å². The molecule has 0 unspecified atom stereocenters. The Morgan fingerprint density at radius 1 is 1.18 bits per heavy atom. The molecule has 112 valence electrons. The molecule has 2 rings (SSSR count). The van der Waals surface area contributed by atoms with Gasteiger partial charge in [0.25, 0.3) is 0 Å². The number of ether oxygens (including phenoxy) is 2. The van der Waals surface area contributed by atoms with Crippen molar-refractivity contribution in [3.63, 3.8) is 0 Å². The number of nitriles is 1. The summed E-state index contributed by atoms with van der Waals surface area (Å²) in [7, 11) is 3.11. The zero-order valence-electron chi connectivity index (χ0n) is 12.4. The first-order chi connectivity index (χ1) is 10.7. The standard InChI is InChI=1S/C17H16N2O3/c1-21-14-7-8-16(22-2)13(9-14)10-17(20)19-15-6-4-3-5-12(15)11-18/h3-9H,10H2,1-2H3,(H,19,20). The zero-order chi connectivity index (χ0) is 15.9. The molecule has 22 heavy (non-hydrogen) atoms. The van der Waals surface area contributed by atoms with E-state index in [9.17, 15) is 4.79 Å². The van der Waals surface area contributed by atoms with Crippen LogP contribution in [0.1, 0.15) is 11.1 Å². The van der Waals surface area contributed by atoms with E-state index in [0.717, 1.165) is 0 Å². The van der Waals surface area contributed by atoms with Crippen LogP contribution in [-0.4, -0.2) is 20.1 Å². The van der Waals surface area contributed by atoms with Gasteiger partial charge in [-0.3, -0.25) is 4.79 Å². The molecule has 0 aromatic heterocycles. The molecule has 0 radical (unpaired) electrons. The summed E-state index contributed by atoms with van der Waals surface area (Å²) >= 11 is 0. The van der Waals surface area contributed by atoms with Crippen molar-refractivity contribution < 1.29 is 14.3 Å². The Kier molecular flexibility index (Phi) is 4.99. The van der Waals surface area contributed by atoms with Crippen LogP contribution in [0.2, 0.25) is 0 Å². The van der Waals surface area contributed by atoms with E-state index in [4.69, 9.17) is 14.7 Å². The molecule has 1 amide bonds. The van der Waals surface area contributed by atoms with Crippen molar-refractivity contribution in [2.75, 3.05) is 19.5 Å². The fourth-order valence-electron chi connectivity index (χ4n) is 2.08. The number of amides is 1. The normalized spacial score (nSPS) is 9.68. The second-order valence-corrected chi connectivity index (χ2v) is 4.56. The van der Waals surface area contributed by atoms with E-state index in [2.05, 4.69) is 5.32 Å². The highest BCUT2D eigenvalue weighted by Gasteiger charge is 2.12. The van der Waals surface area contributed by atoms with Crippen LogP contribution in [-0.2, 0) is 11.2 Å². The molecule has 0 aliphatic rings. The summed E-state index contributed by atoms with van der Waals surface area (Å²) in [6, 6.07) is 14.2. The highest BCUT2D eigenvalue weighted by Crippen LogP contribution is 2.25. The molecule has 5 heteroatoms. The van der Waals surface area contributed by atoms with Gasteiger partial charge in [-0.2, -0.15) is 5.26 Å². The van der Waals surface area contributed by atoms with Crippen LogP contribution >= 0.6 is 0 Å². The maximum absolute atomic E-state index is 12.2. The number of nitrogens with zero attached hydrogens (tertiary/aromatic N) is 1. The maximum atomic E-state index is 12.2. The lowest BCUT2D eigenvalue weighted by atomic mass is 10.1. The zero-order valence-corrected chi connectivity index (χ0v) is 12.4. The average Bonchev–Trinajstić information content (AvgIpc) is 2.55. The Balaban J connectivity index is 2.17. The Labute approximate surface area is 129 Å². The summed E-state index contributed by atoms with van der Waals surface area (Å²) in [4.78, 5) is 12.2. The predicted octanol–water partition coefficient (Wildman–Crippen LogP) is 2.76. The van der Waals surface area contributed by atoms with Gasteiger partial charge in [0.2, 0.25) is 5.91 Å². The maximum Gasteiger partial charge on any atom is 0.228 e. The molecule has 0 aliphatic carbocycles. The second-order valence-electron chi connectivity index (χ2n) is 4.56. The van der Waals surface area contributed by atoms with E-state index < -0.39 is 0 Å². The topological polar surface area (TPSA) is 71.3 Å². The van der Waals surface area contributed by atoms with Gasteiger partial charge in [0.1, 0.15) is 17.6 Å². The van der Waals surface area contributed by atoms with Crippen LogP contribution < -0.4 is 14.8 Å². The number of para-hydroxylation sites is 1. The molecule has 0 saturated carbocycles. The molecule has 1 N–H and O–H groups in total. The number of carbonyl (C=O) groups is 1. The number of methoxy groups -OCH3 is 2. The quantitative estimate of drug-likeness (QED) is 0.921. The molecule has 0 saturated heterocycles. The second kappa shape index (κ2) is 7.14. The van der Waals surface area contributed by atoms with Crippen LogP contribution in [0.3, 0.4) is 0 Å². The van der Waals surface area contributed by atoms with Crippen LogP contribution in [0, 0.1) is 11.3 Å². The minimum absolute atomic E-state index is 0.125. The van der Waals surface area contributed by atoms with Gasteiger partial charge < -0.3 is 14.8 Å². The highest BCUT2D eigenvalue weighted by atomic mass is 16.5. The van der Waals surface area contributed by atoms with Gasteiger partial charge in [0.15, 0.2) is 0 Å². The van der Waals surface area contributed by atoms with Crippen molar-refractivity contribution >= 4 is 11.6 Å². The van der Waals surface area contributed by atoms with Crippen molar-refractivity contribution in [1.29, 1.82) is 5.26 Å². The van der Waals surface area contributed by atoms with Gasteiger partial charge in [0, 0.05) is 5.56 Å². The Hall–Kier alpha value is -3.00. The largest absolute Gasteiger partial charge is 0.497 e. The fourth-order valence-corrected chi connectivity index (χ4v) is 2.08. The van der Waals surface area contributed by atoms with E-state index in [-0.39, 0.29) is 12.3 Å². The summed E-state index contributed by atoms with van der Waals surface area (Å²) in [6.07, 6.45) is 0.125. The smallest absolute Gasteiger partial charge is 0.228 e. The van der Waals surface area contributed by atoms with Crippen molar-refractivity contribution in [3.8, 4) is 17.6 Å². The molecular weight excluding hydrogens is 280 g/mol. The van der Waals surface area contributed by atoms with Gasteiger partial charge in [-0.25, -0.2) is 0 Å². The summed E-state index contributed by atoms with van der Waals surface area (Å²) in [5, 5.41) is 11.8. The number of benzene rings is 2. The summed E-state index contributed by atoms with van der Waals surface area (Å²) < 4.78 is 10.4. The summed E-state index contributed by atoms with van der Waals surface area (Å²) in [5.74, 6) is 1.04. The van der Waals surface area contributed by atoms with Crippen molar-refractivity contribution in [3.05, 3.63) is 53.6 Å². The molecule has 2 aromatic rings. The first kappa shape index (κ1) is 15.4. The van der Waals surface area contributed by atoms with Crippen molar-refractivity contribution in [2.24, 2.45) is 0 Å². The predicted molar refractivity (Wildman–Crippen MR) is 83.0 cm³/mol. The number of nitrogens with one attached hydrogen (secondary N) is 1. The Bertz CT molecular complexity index is 720. The van der Waals surface area contributed by atoms with Crippen LogP contribution in [0.15, 0.2) is 42.5 Å². The molecule has 0 atom stereocenters. The summed E-state index contributed by atoms with van der Waals surface area (Å²) in [5.41, 5.74) is 1.64. The van der Waals surface area contributed by atoms with Crippen LogP contribution in [0.25, 0.3) is 0 Å². The van der Waals surface area contributed by atoms with E-state index >= 15 is 0 Å². The van der Waals surface area contributed by atoms with Gasteiger partial charge in [0.05, 0.1) is 31.9 Å². The number of hydrogen-bond donors (Lipinski definition) is 1. The molecule has 0 spiro atoms. The van der Waals surface area contributed by atoms with Crippen LogP contribution in [0.5, 0.6) is 11.5 Å². The van der Waals surface area contributed by atoms with Gasteiger partial charge in [-0.15, -0.1) is 0 Å². The number of anilines is 1. The third-order valence-corrected chi connectivity index (χ3v) is 3.16. The third-order valence-electron chi connectivity index (χ3n) is 3.16. The average molecular weight is 296 g/mol. The minimum atomic E-state index is -0.228. The molecule has 0 fully saturated rings. The van der Waals surface area contributed by atoms with Crippen LogP contribution in [0.4, 0.5) is 5.69 Å². The molecule has 2 aromatic carbocycles. The van der Waals surface area contributed by atoms with Gasteiger partial charge >= 0.3 is 0 Å². The molecule has 5 nitrogen and oxygen atoms in total. The molecule has 0 bridgehead atoms. The number of hydrogen-bond acceptors (Lipinski definition) is 4. The Morgan fingerprint density at radius 3 is 2.64 bits per heavy atom. The first-order valence-electron chi connectivity index (χ1n) is 6.67. The lowest BCUT2D eigenvalue weighted by Gasteiger charge is -2.11.